The van der Waals surface area contributed by atoms with Gasteiger partial charge in [0, 0.05) is 10.6 Å². The van der Waals surface area contributed by atoms with E-state index in [-0.39, 0.29) is 22.2 Å². The van der Waals surface area contributed by atoms with Crippen LogP contribution in [0.4, 0.5) is 44.3 Å². The third kappa shape index (κ3) is 5.95. The molecule has 13 heteroatoms. The highest BCUT2D eigenvalue weighted by molar-refractivity contribution is 6.33. The smallest absolute Gasteiger partial charge is 0.416 e. The molecule has 3 nitrogen and oxygen atoms in total. The van der Waals surface area contributed by atoms with Gasteiger partial charge in [0.15, 0.2) is 0 Å². The second kappa shape index (κ2) is 9.96. The van der Waals surface area contributed by atoms with Crippen molar-refractivity contribution in [2.45, 2.75) is 44.1 Å². The largest absolute Gasteiger partial charge is 0.439 e. The average molecular weight is 582 g/mol. The van der Waals surface area contributed by atoms with Gasteiger partial charge in [0.05, 0.1) is 29.3 Å². The molecule has 4 rings (SSSR count). The van der Waals surface area contributed by atoms with E-state index in [4.69, 9.17) is 16.3 Å². The predicted molar refractivity (Wildman–Crippen MR) is 123 cm³/mol. The molecule has 3 aromatic rings. The molecule has 39 heavy (non-hydrogen) atoms. The summed E-state index contributed by atoms with van der Waals surface area (Å²) in [4.78, 5) is 13.7. The summed E-state index contributed by atoms with van der Waals surface area (Å²) in [5.74, 6) is 0. The van der Waals surface area contributed by atoms with Crippen LogP contribution in [0.1, 0.15) is 40.8 Å². The fraction of sp³-hybridized carbons (Fsp3) is 0.269. The van der Waals surface area contributed by atoms with Gasteiger partial charge in [0.1, 0.15) is 6.10 Å². The molecule has 0 spiro atoms. The number of hydrogen-bond acceptors (Lipinski definition) is 2. The minimum Gasteiger partial charge on any atom is -0.439 e. The number of hydrogen-bond donors (Lipinski definition) is 0. The third-order valence-electron chi connectivity index (χ3n) is 6.27. The molecule has 0 saturated carbocycles. The summed E-state index contributed by atoms with van der Waals surface area (Å²) in [6.07, 6.45) is -17.7. The first kappa shape index (κ1) is 28.6. The zero-order valence-electron chi connectivity index (χ0n) is 19.7. The Morgan fingerprint density at radius 2 is 1.33 bits per heavy atom. The van der Waals surface area contributed by atoms with Gasteiger partial charge in [-0.1, -0.05) is 35.9 Å². The Bertz CT molecular complexity index is 1370. The molecule has 0 aromatic heterocycles. The molecule has 2 atom stereocenters. The Kier molecular flexibility index (Phi) is 7.30. The van der Waals surface area contributed by atoms with Crippen molar-refractivity contribution in [1.82, 2.24) is 4.90 Å². The maximum absolute atomic E-state index is 13.5. The topological polar surface area (TPSA) is 29.5 Å². The highest BCUT2D eigenvalue weighted by atomic mass is 35.5. The molecule has 1 saturated heterocycles. The zero-order valence-corrected chi connectivity index (χ0v) is 20.4. The molecule has 1 fully saturated rings. The SMILES string of the molecule is C[C@H]1[C@@H](c2cc(C(F)(F)F)cc(C(F)(F)F)c2)OC(=O)N1Cc1cc(C(F)(F)F)ccc1-c1ccccc1Cl. The highest BCUT2D eigenvalue weighted by Gasteiger charge is 2.43. The maximum atomic E-state index is 13.5. The van der Waals surface area contributed by atoms with Crippen molar-refractivity contribution in [3.63, 3.8) is 0 Å². The van der Waals surface area contributed by atoms with Crippen molar-refractivity contribution in [2.75, 3.05) is 0 Å². The fourth-order valence-electron chi connectivity index (χ4n) is 4.33. The van der Waals surface area contributed by atoms with E-state index in [1.54, 1.807) is 18.2 Å². The van der Waals surface area contributed by atoms with Gasteiger partial charge in [-0.3, -0.25) is 4.90 Å². The molecule has 0 unspecified atom stereocenters. The van der Waals surface area contributed by atoms with E-state index >= 15 is 0 Å². The lowest BCUT2D eigenvalue weighted by atomic mass is 9.95. The zero-order chi connectivity index (χ0) is 28.9. The fourth-order valence-corrected chi connectivity index (χ4v) is 4.57. The normalized spacial score (nSPS) is 18.4. The van der Waals surface area contributed by atoms with E-state index in [2.05, 4.69) is 0 Å². The number of halogens is 10. The second-order valence-corrected chi connectivity index (χ2v) is 9.27. The second-order valence-electron chi connectivity index (χ2n) is 8.86. The van der Waals surface area contributed by atoms with Crippen LogP contribution >= 0.6 is 11.6 Å². The van der Waals surface area contributed by atoms with Gasteiger partial charge < -0.3 is 4.74 Å². The highest BCUT2D eigenvalue weighted by Crippen LogP contribution is 2.42. The van der Waals surface area contributed by atoms with Crippen molar-refractivity contribution in [2.24, 2.45) is 0 Å². The molecular weight excluding hydrogens is 565 g/mol. The summed E-state index contributed by atoms with van der Waals surface area (Å²) in [5, 5.41) is 0.206. The van der Waals surface area contributed by atoms with Gasteiger partial charge in [0.2, 0.25) is 0 Å². The average Bonchev–Trinajstić information content (AvgIpc) is 3.11. The first-order valence-electron chi connectivity index (χ1n) is 11.2. The molecule has 208 valence electrons. The van der Waals surface area contributed by atoms with E-state index in [0.29, 0.717) is 17.7 Å². The lowest BCUT2D eigenvalue weighted by Gasteiger charge is -2.24. The minimum atomic E-state index is -5.12. The standard InChI is InChI=1S/C26H17ClF9NO2/c1-13-22(14-8-17(25(31,32)33)11-18(9-14)26(34,35)36)39-23(38)37(13)12-15-10-16(24(28,29)30)6-7-19(15)20-4-2-3-5-21(20)27/h2-11,13,22H,12H2,1H3/t13-,22-/m0/s1. The molecule has 1 heterocycles. The Balaban J connectivity index is 1.75. The maximum Gasteiger partial charge on any atom is 0.416 e. The summed E-state index contributed by atoms with van der Waals surface area (Å²) in [5.41, 5.74) is -4.18. The molecule has 1 amide bonds. The monoisotopic (exact) mass is 581 g/mol. The van der Waals surface area contributed by atoms with Crippen molar-refractivity contribution in [1.29, 1.82) is 0 Å². The quantitative estimate of drug-likeness (QED) is 0.288. The summed E-state index contributed by atoms with van der Waals surface area (Å²) < 4.78 is 126. The Labute approximate surface area is 220 Å². The van der Waals surface area contributed by atoms with Crippen LogP contribution in [-0.4, -0.2) is 17.0 Å². The predicted octanol–water partition coefficient (Wildman–Crippen LogP) is 9.15. The van der Waals surface area contributed by atoms with Gasteiger partial charge >= 0.3 is 24.6 Å². The summed E-state index contributed by atoms with van der Waals surface area (Å²) in [6.45, 7) is 0.817. The Morgan fingerprint density at radius 1 is 0.769 bits per heavy atom. The van der Waals surface area contributed by atoms with Crippen LogP contribution in [0.5, 0.6) is 0 Å². The number of cyclic esters (lactones) is 1. The van der Waals surface area contributed by atoms with Gasteiger partial charge in [-0.25, -0.2) is 4.79 Å². The van der Waals surface area contributed by atoms with E-state index in [0.717, 1.165) is 17.0 Å². The van der Waals surface area contributed by atoms with Crippen molar-refractivity contribution < 1.29 is 49.0 Å². The summed E-state index contributed by atoms with van der Waals surface area (Å²) in [7, 11) is 0. The molecule has 1 aliphatic heterocycles. The van der Waals surface area contributed by atoms with E-state index in [9.17, 15) is 44.3 Å². The van der Waals surface area contributed by atoms with Gasteiger partial charge in [-0.05, 0) is 60.0 Å². The molecule has 0 radical (unpaired) electrons. The minimum absolute atomic E-state index is 0.0117. The number of carbonyl (C=O) groups is 1. The Hall–Kier alpha value is -3.41. The first-order valence-corrected chi connectivity index (χ1v) is 11.6. The van der Waals surface area contributed by atoms with Crippen LogP contribution in [0.25, 0.3) is 11.1 Å². The van der Waals surface area contributed by atoms with E-state index in [1.807, 2.05) is 0 Å². The number of benzene rings is 3. The third-order valence-corrected chi connectivity index (χ3v) is 6.60. The number of ether oxygens (including phenoxy) is 1. The molecule has 0 aliphatic carbocycles. The van der Waals surface area contributed by atoms with Crippen LogP contribution in [0.3, 0.4) is 0 Å². The number of carbonyl (C=O) groups excluding carboxylic acids is 1. The molecule has 0 bridgehead atoms. The van der Waals surface area contributed by atoms with E-state index in [1.165, 1.54) is 19.1 Å². The van der Waals surface area contributed by atoms with Crippen LogP contribution in [-0.2, 0) is 29.8 Å². The number of alkyl halides is 9. The lowest BCUT2D eigenvalue weighted by Crippen LogP contribution is -2.32. The van der Waals surface area contributed by atoms with Gasteiger partial charge in [-0.2, -0.15) is 39.5 Å². The number of amides is 1. The molecule has 1 aliphatic rings. The van der Waals surface area contributed by atoms with Crippen LogP contribution in [0.2, 0.25) is 5.02 Å². The number of nitrogens with zero attached hydrogens (tertiary/aromatic N) is 1. The van der Waals surface area contributed by atoms with Crippen molar-refractivity contribution in [3.8, 4) is 11.1 Å². The van der Waals surface area contributed by atoms with Crippen LogP contribution in [0.15, 0.2) is 60.7 Å². The van der Waals surface area contributed by atoms with Crippen molar-refractivity contribution in [3.05, 3.63) is 93.5 Å². The summed E-state index contributed by atoms with van der Waals surface area (Å²) in [6, 6.07) is 8.76. The first-order chi connectivity index (χ1) is 18.0. The molecular formula is C26H17ClF9NO2. The molecule has 0 N–H and O–H groups in total. The number of rotatable bonds is 4. The lowest BCUT2D eigenvalue weighted by molar-refractivity contribution is -0.143. The Morgan fingerprint density at radius 3 is 1.87 bits per heavy atom. The summed E-state index contributed by atoms with van der Waals surface area (Å²) >= 11 is 6.23. The van der Waals surface area contributed by atoms with Crippen molar-refractivity contribution >= 4 is 17.7 Å². The van der Waals surface area contributed by atoms with Crippen LogP contribution in [0, 0.1) is 0 Å². The molecule has 3 aromatic carbocycles. The van der Waals surface area contributed by atoms with Crippen LogP contribution < -0.4 is 0 Å². The van der Waals surface area contributed by atoms with Gasteiger partial charge in [0.25, 0.3) is 0 Å². The van der Waals surface area contributed by atoms with E-state index < -0.39 is 65.6 Å². The van der Waals surface area contributed by atoms with Gasteiger partial charge in [-0.15, -0.1) is 0 Å².